The standard InChI is InChI=1S/C14H24N2O3/c1-13(2)7-9(8-14(3,4)16-13)19-12(18)10-5-6-11(17)15-10/h9-10,16H,5-8H2,1-4H3,(H,15,17). The second-order valence-corrected chi connectivity index (χ2v) is 7.02. The number of nitrogens with one attached hydrogen (secondary N) is 2. The molecule has 0 aromatic heterocycles. The van der Waals surface area contributed by atoms with Gasteiger partial charge in [0.25, 0.3) is 0 Å². The van der Waals surface area contributed by atoms with Crippen molar-refractivity contribution < 1.29 is 14.3 Å². The van der Waals surface area contributed by atoms with Crippen LogP contribution in [0.5, 0.6) is 0 Å². The summed E-state index contributed by atoms with van der Waals surface area (Å²) in [6.45, 7) is 8.47. The van der Waals surface area contributed by atoms with Gasteiger partial charge in [-0.25, -0.2) is 4.79 Å². The number of carbonyl (C=O) groups excluding carboxylic acids is 2. The van der Waals surface area contributed by atoms with E-state index in [0.29, 0.717) is 12.8 Å². The maximum Gasteiger partial charge on any atom is 0.328 e. The van der Waals surface area contributed by atoms with Crippen LogP contribution in [-0.4, -0.2) is 35.1 Å². The number of piperidine rings is 1. The molecule has 2 N–H and O–H groups in total. The first-order chi connectivity index (χ1) is 8.67. The number of hydrogen-bond acceptors (Lipinski definition) is 4. The van der Waals surface area contributed by atoms with Gasteiger partial charge in [0.2, 0.25) is 5.91 Å². The largest absolute Gasteiger partial charge is 0.461 e. The molecule has 2 saturated heterocycles. The first kappa shape index (κ1) is 14.3. The SMILES string of the molecule is CC1(C)CC(OC(=O)C2CCC(=O)N2)CC(C)(C)N1. The van der Waals surface area contributed by atoms with Crippen molar-refractivity contribution in [2.45, 2.75) is 76.6 Å². The summed E-state index contributed by atoms with van der Waals surface area (Å²) < 4.78 is 5.60. The smallest absolute Gasteiger partial charge is 0.328 e. The summed E-state index contributed by atoms with van der Waals surface area (Å²) in [7, 11) is 0. The molecule has 0 radical (unpaired) electrons. The van der Waals surface area contributed by atoms with E-state index >= 15 is 0 Å². The Bertz CT molecular complexity index is 374. The summed E-state index contributed by atoms with van der Waals surface area (Å²) in [5.74, 6) is -0.350. The second kappa shape index (κ2) is 4.78. The molecule has 2 aliphatic rings. The first-order valence-corrected chi connectivity index (χ1v) is 6.96. The van der Waals surface area contributed by atoms with Crippen molar-refractivity contribution in [2.24, 2.45) is 0 Å². The Morgan fingerprint density at radius 2 is 1.79 bits per heavy atom. The molecule has 1 amide bonds. The van der Waals surface area contributed by atoms with Crippen LogP contribution in [-0.2, 0) is 14.3 Å². The van der Waals surface area contributed by atoms with Crippen LogP contribution >= 0.6 is 0 Å². The van der Waals surface area contributed by atoms with Crippen molar-refractivity contribution >= 4 is 11.9 Å². The number of carbonyl (C=O) groups is 2. The van der Waals surface area contributed by atoms with Gasteiger partial charge >= 0.3 is 5.97 Å². The van der Waals surface area contributed by atoms with Crippen LogP contribution in [0.1, 0.15) is 53.4 Å². The Balaban J connectivity index is 1.95. The molecule has 0 spiro atoms. The zero-order valence-corrected chi connectivity index (χ0v) is 12.2. The van der Waals surface area contributed by atoms with Crippen molar-refractivity contribution in [3.05, 3.63) is 0 Å². The van der Waals surface area contributed by atoms with E-state index in [-0.39, 0.29) is 29.1 Å². The topological polar surface area (TPSA) is 67.4 Å². The summed E-state index contributed by atoms with van der Waals surface area (Å²) in [5, 5.41) is 6.21. The van der Waals surface area contributed by atoms with E-state index in [2.05, 4.69) is 38.3 Å². The highest BCUT2D eigenvalue weighted by Crippen LogP contribution is 2.30. The van der Waals surface area contributed by atoms with E-state index in [1.165, 1.54) is 0 Å². The summed E-state index contributed by atoms with van der Waals surface area (Å²) >= 11 is 0. The molecule has 1 atom stereocenters. The van der Waals surface area contributed by atoms with Crippen LogP contribution in [0, 0.1) is 0 Å². The molecular weight excluding hydrogens is 244 g/mol. The average Bonchev–Trinajstić information content (AvgIpc) is 2.59. The summed E-state index contributed by atoms with van der Waals surface area (Å²) in [4.78, 5) is 23.2. The van der Waals surface area contributed by atoms with Gasteiger partial charge in [-0.05, 0) is 34.1 Å². The van der Waals surface area contributed by atoms with Crippen molar-refractivity contribution in [1.29, 1.82) is 0 Å². The zero-order valence-electron chi connectivity index (χ0n) is 12.2. The minimum atomic E-state index is -0.450. The van der Waals surface area contributed by atoms with Crippen molar-refractivity contribution in [3.63, 3.8) is 0 Å². The van der Waals surface area contributed by atoms with Crippen LogP contribution in [0.4, 0.5) is 0 Å². The van der Waals surface area contributed by atoms with Crippen LogP contribution in [0.3, 0.4) is 0 Å². The van der Waals surface area contributed by atoms with Crippen molar-refractivity contribution in [2.75, 3.05) is 0 Å². The summed E-state index contributed by atoms with van der Waals surface area (Å²) in [6, 6.07) is -0.450. The second-order valence-electron chi connectivity index (χ2n) is 7.02. The normalized spacial score (nSPS) is 29.9. The molecule has 0 aromatic carbocycles. The van der Waals surface area contributed by atoms with Gasteiger partial charge in [-0.1, -0.05) is 0 Å². The van der Waals surface area contributed by atoms with Crippen molar-refractivity contribution in [3.8, 4) is 0 Å². The molecular formula is C14H24N2O3. The third-order valence-electron chi connectivity index (χ3n) is 3.72. The minimum absolute atomic E-state index is 0.0500. The van der Waals surface area contributed by atoms with Gasteiger partial charge in [0, 0.05) is 30.3 Å². The Hall–Kier alpha value is -1.10. The number of hydrogen-bond donors (Lipinski definition) is 2. The zero-order chi connectivity index (χ0) is 14.3. The maximum absolute atomic E-state index is 12.0. The highest BCUT2D eigenvalue weighted by Gasteiger charge is 2.40. The van der Waals surface area contributed by atoms with Gasteiger partial charge < -0.3 is 15.4 Å². The van der Waals surface area contributed by atoms with Crippen molar-refractivity contribution in [1.82, 2.24) is 10.6 Å². The Labute approximate surface area is 114 Å². The molecule has 5 heteroatoms. The third-order valence-corrected chi connectivity index (χ3v) is 3.72. The van der Waals surface area contributed by atoms with Gasteiger partial charge in [0.1, 0.15) is 12.1 Å². The molecule has 19 heavy (non-hydrogen) atoms. The van der Waals surface area contributed by atoms with E-state index < -0.39 is 6.04 Å². The fourth-order valence-corrected chi connectivity index (χ4v) is 3.35. The Morgan fingerprint density at radius 1 is 1.21 bits per heavy atom. The van der Waals surface area contributed by atoms with E-state index in [9.17, 15) is 9.59 Å². The van der Waals surface area contributed by atoms with Crippen LogP contribution in [0.2, 0.25) is 0 Å². The lowest BCUT2D eigenvalue weighted by molar-refractivity contribution is -0.155. The number of ether oxygens (including phenoxy) is 1. The van der Waals surface area contributed by atoms with E-state index in [0.717, 1.165) is 12.8 Å². The molecule has 0 aliphatic carbocycles. The highest BCUT2D eigenvalue weighted by molar-refractivity contribution is 5.88. The Morgan fingerprint density at radius 3 is 2.26 bits per heavy atom. The van der Waals surface area contributed by atoms with E-state index in [1.807, 2.05) is 0 Å². The van der Waals surface area contributed by atoms with Gasteiger partial charge in [-0.15, -0.1) is 0 Å². The van der Waals surface area contributed by atoms with Crippen LogP contribution in [0.15, 0.2) is 0 Å². The van der Waals surface area contributed by atoms with Crippen LogP contribution < -0.4 is 10.6 Å². The molecule has 1 unspecified atom stereocenters. The lowest BCUT2D eigenvalue weighted by Crippen LogP contribution is -2.60. The molecule has 108 valence electrons. The maximum atomic E-state index is 12.0. The molecule has 2 rings (SSSR count). The number of esters is 1. The fraction of sp³-hybridized carbons (Fsp3) is 0.857. The van der Waals surface area contributed by atoms with Gasteiger partial charge in [-0.2, -0.15) is 0 Å². The lowest BCUT2D eigenvalue weighted by Gasteiger charge is -2.46. The number of amides is 1. The number of rotatable bonds is 2. The predicted molar refractivity (Wildman–Crippen MR) is 71.6 cm³/mol. The van der Waals surface area contributed by atoms with Gasteiger partial charge in [0.15, 0.2) is 0 Å². The quantitative estimate of drug-likeness (QED) is 0.736. The Kier molecular flexibility index (Phi) is 3.60. The summed E-state index contributed by atoms with van der Waals surface area (Å²) in [5.41, 5.74) is -0.1000. The predicted octanol–water partition coefficient (Wildman–Crippen LogP) is 1.12. The van der Waals surface area contributed by atoms with Crippen LogP contribution in [0.25, 0.3) is 0 Å². The molecule has 2 aliphatic heterocycles. The fourth-order valence-electron chi connectivity index (χ4n) is 3.35. The van der Waals surface area contributed by atoms with Gasteiger partial charge in [0.05, 0.1) is 0 Å². The molecule has 0 bridgehead atoms. The molecule has 0 saturated carbocycles. The highest BCUT2D eigenvalue weighted by atomic mass is 16.5. The van der Waals surface area contributed by atoms with E-state index in [4.69, 9.17) is 4.74 Å². The summed E-state index contributed by atoms with van der Waals surface area (Å²) in [6.07, 6.45) is 2.47. The molecule has 2 heterocycles. The van der Waals surface area contributed by atoms with Gasteiger partial charge in [-0.3, -0.25) is 4.79 Å². The average molecular weight is 268 g/mol. The molecule has 5 nitrogen and oxygen atoms in total. The third kappa shape index (κ3) is 3.69. The monoisotopic (exact) mass is 268 g/mol. The van der Waals surface area contributed by atoms with E-state index in [1.54, 1.807) is 0 Å². The lowest BCUT2D eigenvalue weighted by atomic mass is 9.81. The molecule has 2 fully saturated rings. The molecule has 0 aromatic rings. The first-order valence-electron chi connectivity index (χ1n) is 6.96. The minimum Gasteiger partial charge on any atom is -0.461 e.